The predicted molar refractivity (Wildman–Crippen MR) is 119 cm³/mol. The first-order chi connectivity index (χ1) is 15.2. The molecule has 0 aliphatic carbocycles. The Morgan fingerprint density at radius 1 is 0.969 bits per heavy atom. The molecule has 0 aromatic heterocycles. The van der Waals surface area contributed by atoms with Gasteiger partial charge in [-0.15, -0.1) is 0 Å². The van der Waals surface area contributed by atoms with E-state index in [9.17, 15) is 23.5 Å². The number of rotatable bonds is 8. The fraction of sp³-hybridized carbons (Fsp3) is 0.280. The van der Waals surface area contributed by atoms with E-state index < -0.39 is 29.7 Å². The van der Waals surface area contributed by atoms with Crippen LogP contribution in [0, 0.1) is 17.6 Å². The summed E-state index contributed by atoms with van der Waals surface area (Å²) < 4.78 is 26.9. The lowest BCUT2D eigenvalue weighted by Gasteiger charge is -2.23. The van der Waals surface area contributed by atoms with Gasteiger partial charge < -0.3 is 15.7 Å². The number of benzene rings is 3. The summed E-state index contributed by atoms with van der Waals surface area (Å²) in [7, 11) is 0. The molecule has 0 aliphatic heterocycles. The second-order valence-electron chi connectivity index (χ2n) is 8.07. The second-order valence-corrected chi connectivity index (χ2v) is 8.07. The molecule has 0 bridgehead atoms. The molecule has 0 fully saturated rings. The minimum Gasteiger partial charge on any atom is -0.386 e. The summed E-state index contributed by atoms with van der Waals surface area (Å²) in [5, 5.41) is 17.5. The van der Waals surface area contributed by atoms with E-state index in [0.29, 0.717) is 6.07 Å². The molecule has 5 nitrogen and oxygen atoms in total. The molecule has 3 rings (SSSR count). The van der Waals surface area contributed by atoms with Crippen LogP contribution in [0.15, 0.2) is 60.7 Å². The molecule has 7 heteroatoms. The molecule has 2 unspecified atom stereocenters. The van der Waals surface area contributed by atoms with Gasteiger partial charge in [0.2, 0.25) is 11.8 Å². The second kappa shape index (κ2) is 10.3. The Morgan fingerprint density at radius 3 is 2.38 bits per heavy atom. The van der Waals surface area contributed by atoms with E-state index in [-0.39, 0.29) is 30.4 Å². The number of amides is 2. The van der Waals surface area contributed by atoms with Crippen molar-refractivity contribution in [3.8, 4) is 0 Å². The third-order valence-electron chi connectivity index (χ3n) is 5.24. The van der Waals surface area contributed by atoms with Crippen molar-refractivity contribution >= 4 is 22.6 Å². The Labute approximate surface area is 185 Å². The first-order valence-electron chi connectivity index (χ1n) is 10.4. The maximum absolute atomic E-state index is 13.8. The average Bonchev–Trinajstić information content (AvgIpc) is 2.75. The fourth-order valence-electron chi connectivity index (χ4n) is 3.48. The van der Waals surface area contributed by atoms with Crippen LogP contribution in [0.5, 0.6) is 0 Å². The fourth-order valence-corrected chi connectivity index (χ4v) is 3.48. The van der Waals surface area contributed by atoms with E-state index in [1.165, 1.54) is 0 Å². The van der Waals surface area contributed by atoms with E-state index in [1.54, 1.807) is 13.8 Å². The van der Waals surface area contributed by atoms with Crippen molar-refractivity contribution in [2.75, 3.05) is 6.54 Å². The Bertz CT molecular complexity index is 1120. The number of aliphatic hydroxyl groups is 1. The Kier molecular flexibility index (Phi) is 7.53. The van der Waals surface area contributed by atoms with Crippen LogP contribution >= 0.6 is 0 Å². The lowest BCUT2D eigenvalue weighted by atomic mass is 10.0. The predicted octanol–water partition coefficient (Wildman–Crippen LogP) is 3.65. The number of aliphatic hydroxyl groups excluding tert-OH is 1. The van der Waals surface area contributed by atoms with Crippen LogP contribution in [0.2, 0.25) is 0 Å². The highest BCUT2D eigenvalue weighted by Gasteiger charge is 2.25. The lowest BCUT2D eigenvalue weighted by molar-refractivity contribution is -0.130. The van der Waals surface area contributed by atoms with Crippen molar-refractivity contribution in [3.05, 3.63) is 83.4 Å². The molecule has 3 aromatic carbocycles. The third-order valence-corrected chi connectivity index (χ3v) is 5.24. The molecular weight excluding hydrogens is 414 g/mol. The summed E-state index contributed by atoms with van der Waals surface area (Å²) in [6, 6.07) is 15.6. The lowest BCUT2D eigenvalue weighted by Crippen LogP contribution is -2.50. The molecule has 3 aromatic rings. The minimum absolute atomic E-state index is 0.116. The molecule has 2 amide bonds. The van der Waals surface area contributed by atoms with Crippen LogP contribution in [0.3, 0.4) is 0 Å². The maximum atomic E-state index is 13.8. The summed E-state index contributed by atoms with van der Waals surface area (Å²) in [4.78, 5) is 25.2. The van der Waals surface area contributed by atoms with Gasteiger partial charge in [-0.05, 0) is 28.3 Å². The largest absolute Gasteiger partial charge is 0.386 e. The van der Waals surface area contributed by atoms with Crippen molar-refractivity contribution in [2.24, 2.45) is 5.92 Å². The smallest absolute Gasteiger partial charge is 0.242 e. The zero-order chi connectivity index (χ0) is 23.3. The molecule has 0 radical (unpaired) electrons. The highest BCUT2D eigenvalue weighted by atomic mass is 19.1. The van der Waals surface area contributed by atoms with Gasteiger partial charge in [0.15, 0.2) is 0 Å². The van der Waals surface area contributed by atoms with Gasteiger partial charge in [0.1, 0.15) is 17.7 Å². The third kappa shape index (κ3) is 5.88. The SMILES string of the molecule is CC(C)C(NC(=O)Cc1ccc2ccccc2c1)C(=O)NCC(O)c1ccc(F)cc1F. The van der Waals surface area contributed by atoms with Gasteiger partial charge in [-0.2, -0.15) is 0 Å². The molecule has 0 aliphatic rings. The molecule has 0 spiro atoms. The highest BCUT2D eigenvalue weighted by Crippen LogP contribution is 2.18. The number of halogens is 2. The van der Waals surface area contributed by atoms with Crippen molar-refractivity contribution in [1.29, 1.82) is 0 Å². The van der Waals surface area contributed by atoms with Crippen LogP contribution in [-0.4, -0.2) is 29.5 Å². The number of hydrogen-bond donors (Lipinski definition) is 3. The topological polar surface area (TPSA) is 78.4 Å². The number of hydrogen-bond acceptors (Lipinski definition) is 3. The average molecular weight is 440 g/mol. The molecule has 0 saturated heterocycles. The zero-order valence-electron chi connectivity index (χ0n) is 17.9. The molecule has 0 heterocycles. The van der Waals surface area contributed by atoms with Gasteiger partial charge in [-0.3, -0.25) is 9.59 Å². The normalized spacial score (nSPS) is 13.1. The van der Waals surface area contributed by atoms with Crippen molar-refractivity contribution in [3.63, 3.8) is 0 Å². The molecule has 168 valence electrons. The molecule has 0 saturated carbocycles. The van der Waals surface area contributed by atoms with Crippen LogP contribution in [0.25, 0.3) is 10.8 Å². The standard InChI is InChI=1S/C25H26F2N2O3/c1-15(2)24(25(32)28-14-22(30)20-10-9-19(26)13-21(20)27)29-23(31)12-16-7-8-17-5-3-4-6-18(17)11-16/h3-11,13,15,22,24,30H,12,14H2,1-2H3,(H,28,32)(H,29,31). The highest BCUT2D eigenvalue weighted by molar-refractivity contribution is 5.89. The van der Waals surface area contributed by atoms with Gasteiger partial charge in [-0.1, -0.05) is 62.4 Å². The van der Waals surface area contributed by atoms with Crippen molar-refractivity contribution in [1.82, 2.24) is 10.6 Å². The number of fused-ring (bicyclic) bond motifs is 1. The van der Waals surface area contributed by atoms with E-state index in [1.807, 2.05) is 42.5 Å². The van der Waals surface area contributed by atoms with Crippen molar-refractivity contribution < 1.29 is 23.5 Å². The first-order valence-corrected chi connectivity index (χ1v) is 10.4. The van der Waals surface area contributed by atoms with E-state index in [2.05, 4.69) is 10.6 Å². The van der Waals surface area contributed by atoms with Crippen molar-refractivity contribution in [2.45, 2.75) is 32.4 Å². The van der Waals surface area contributed by atoms with Gasteiger partial charge in [0.25, 0.3) is 0 Å². The Morgan fingerprint density at radius 2 is 1.69 bits per heavy atom. The van der Waals surface area contributed by atoms with E-state index in [0.717, 1.165) is 28.5 Å². The van der Waals surface area contributed by atoms with Crippen LogP contribution in [-0.2, 0) is 16.0 Å². The van der Waals surface area contributed by atoms with Gasteiger partial charge in [-0.25, -0.2) is 8.78 Å². The van der Waals surface area contributed by atoms with E-state index >= 15 is 0 Å². The summed E-state index contributed by atoms with van der Waals surface area (Å²) in [5.74, 6) is -2.66. The first kappa shape index (κ1) is 23.3. The quantitative estimate of drug-likeness (QED) is 0.500. The van der Waals surface area contributed by atoms with Crippen LogP contribution in [0.1, 0.15) is 31.1 Å². The number of carbonyl (C=O) groups is 2. The molecular formula is C25H26F2N2O3. The zero-order valence-corrected chi connectivity index (χ0v) is 17.9. The number of carbonyl (C=O) groups excluding carboxylic acids is 2. The van der Waals surface area contributed by atoms with Gasteiger partial charge >= 0.3 is 0 Å². The summed E-state index contributed by atoms with van der Waals surface area (Å²) >= 11 is 0. The summed E-state index contributed by atoms with van der Waals surface area (Å²) in [6.07, 6.45) is -1.23. The molecule has 2 atom stereocenters. The molecule has 3 N–H and O–H groups in total. The van der Waals surface area contributed by atoms with Gasteiger partial charge in [0, 0.05) is 18.2 Å². The number of nitrogens with one attached hydrogen (secondary N) is 2. The molecule has 32 heavy (non-hydrogen) atoms. The summed E-state index contributed by atoms with van der Waals surface area (Å²) in [6.45, 7) is 3.30. The van der Waals surface area contributed by atoms with Crippen LogP contribution in [0.4, 0.5) is 8.78 Å². The Hall–Kier alpha value is -3.32. The van der Waals surface area contributed by atoms with Crippen LogP contribution < -0.4 is 10.6 Å². The Balaban J connectivity index is 1.59. The monoisotopic (exact) mass is 440 g/mol. The maximum Gasteiger partial charge on any atom is 0.242 e. The summed E-state index contributed by atoms with van der Waals surface area (Å²) in [5.41, 5.74) is 0.708. The minimum atomic E-state index is -1.35. The van der Waals surface area contributed by atoms with E-state index in [4.69, 9.17) is 0 Å². The van der Waals surface area contributed by atoms with Gasteiger partial charge in [0.05, 0.1) is 12.5 Å².